The first-order valence-corrected chi connectivity index (χ1v) is 8.35. The molecule has 2 saturated heterocycles. The van der Waals surface area contributed by atoms with Gasteiger partial charge in [0.15, 0.2) is 0 Å². The van der Waals surface area contributed by atoms with E-state index in [1.165, 1.54) is 6.42 Å². The van der Waals surface area contributed by atoms with E-state index in [1.807, 2.05) is 0 Å². The number of ether oxygens (including phenoxy) is 3. The highest BCUT2D eigenvalue weighted by Gasteiger charge is 2.44. The fourth-order valence-corrected chi connectivity index (χ4v) is 3.68. The smallest absolute Gasteiger partial charge is 0.0881 e. The molecule has 4 nitrogen and oxygen atoms in total. The van der Waals surface area contributed by atoms with Gasteiger partial charge in [0, 0.05) is 51.9 Å². The molecule has 2 heterocycles. The summed E-state index contributed by atoms with van der Waals surface area (Å²) in [6.07, 6.45) is 5.49. The van der Waals surface area contributed by atoms with Crippen molar-refractivity contribution in [3.63, 3.8) is 0 Å². The Balaban J connectivity index is 2.11. The van der Waals surface area contributed by atoms with Crippen LogP contribution in [0.4, 0.5) is 0 Å². The molecular weight excluding hydrogens is 254 g/mol. The van der Waals surface area contributed by atoms with Crippen LogP contribution >= 0.6 is 0 Å². The first-order valence-electron chi connectivity index (χ1n) is 8.35. The zero-order chi connectivity index (χ0) is 14.3. The maximum Gasteiger partial charge on any atom is 0.0881 e. The third-order valence-corrected chi connectivity index (χ3v) is 4.69. The van der Waals surface area contributed by atoms with E-state index in [1.54, 1.807) is 0 Å². The van der Waals surface area contributed by atoms with Crippen LogP contribution in [-0.4, -0.2) is 51.2 Å². The van der Waals surface area contributed by atoms with E-state index in [2.05, 4.69) is 19.2 Å². The summed E-state index contributed by atoms with van der Waals surface area (Å²) in [5.41, 5.74) is -0.0375. The minimum Gasteiger partial charge on any atom is -0.381 e. The lowest BCUT2D eigenvalue weighted by Gasteiger charge is -2.47. The van der Waals surface area contributed by atoms with Gasteiger partial charge < -0.3 is 19.5 Å². The summed E-state index contributed by atoms with van der Waals surface area (Å²) >= 11 is 0. The van der Waals surface area contributed by atoms with Gasteiger partial charge in [-0.15, -0.1) is 0 Å². The van der Waals surface area contributed by atoms with Crippen LogP contribution in [0.25, 0.3) is 0 Å². The van der Waals surface area contributed by atoms with Crippen molar-refractivity contribution in [1.82, 2.24) is 5.32 Å². The van der Waals surface area contributed by atoms with Crippen molar-refractivity contribution in [2.75, 3.05) is 39.6 Å². The molecule has 4 heteroatoms. The molecule has 2 fully saturated rings. The van der Waals surface area contributed by atoms with Crippen molar-refractivity contribution in [3.05, 3.63) is 0 Å². The second kappa shape index (κ2) is 8.32. The zero-order valence-corrected chi connectivity index (χ0v) is 13.2. The minimum atomic E-state index is -0.0375. The molecule has 0 amide bonds. The molecule has 0 aromatic heterocycles. The number of hydrogen-bond donors (Lipinski definition) is 1. The summed E-state index contributed by atoms with van der Waals surface area (Å²) in [5, 5.41) is 3.80. The summed E-state index contributed by atoms with van der Waals surface area (Å²) < 4.78 is 17.4. The lowest BCUT2D eigenvalue weighted by molar-refractivity contribution is -0.142. The Morgan fingerprint density at radius 3 is 2.35 bits per heavy atom. The Morgan fingerprint density at radius 2 is 1.75 bits per heavy atom. The van der Waals surface area contributed by atoms with Gasteiger partial charge >= 0.3 is 0 Å². The highest BCUT2D eigenvalue weighted by molar-refractivity contribution is 4.99. The third kappa shape index (κ3) is 3.94. The number of rotatable bonds is 7. The van der Waals surface area contributed by atoms with Gasteiger partial charge in [-0.3, -0.25) is 0 Å². The molecule has 0 saturated carbocycles. The molecule has 2 rings (SSSR count). The molecule has 0 spiro atoms. The van der Waals surface area contributed by atoms with Crippen LogP contribution in [0, 0.1) is 5.92 Å². The maximum absolute atomic E-state index is 6.30. The van der Waals surface area contributed by atoms with Crippen LogP contribution in [0.3, 0.4) is 0 Å². The van der Waals surface area contributed by atoms with E-state index in [-0.39, 0.29) is 5.60 Å². The van der Waals surface area contributed by atoms with E-state index in [9.17, 15) is 0 Å². The molecule has 2 aliphatic heterocycles. The lowest BCUT2D eigenvalue weighted by Crippen LogP contribution is -2.59. The molecule has 1 unspecified atom stereocenters. The van der Waals surface area contributed by atoms with E-state index in [0.717, 1.165) is 65.3 Å². The highest BCUT2D eigenvalue weighted by Crippen LogP contribution is 2.36. The molecule has 0 aliphatic carbocycles. The van der Waals surface area contributed by atoms with Gasteiger partial charge in [0.2, 0.25) is 0 Å². The molecule has 2 aliphatic rings. The maximum atomic E-state index is 6.30. The monoisotopic (exact) mass is 285 g/mol. The quantitative estimate of drug-likeness (QED) is 0.779. The average Bonchev–Trinajstić information content (AvgIpc) is 2.50. The Morgan fingerprint density at radius 1 is 1.10 bits per heavy atom. The molecule has 1 atom stereocenters. The van der Waals surface area contributed by atoms with Gasteiger partial charge in [0.1, 0.15) is 0 Å². The van der Waals surface area contributed by atoms with Crippen molar-refractivity contribution in [1.29, 1.82) is 0 Å². The molecule has 0 radical (unpaired) electrons. The minimum absolute atomic E-state index is 0.0375. The van der Waals surface area contributed by atoms with Crippen LogP contribution in [0.15, 0.2) is 0 Å². The second-order valence-electron chi connectivity index (χ2n) is 5.99. The van der Waals surface area contributed by atoms with Gasteiger partial charge in [-0.1, -0.05) is 6.92 Å². The van der Waals surface area contributed by atoms with E-state index >= 15 is 0 Å². The summed E-state index contributed by atoms with van der Waals surface area (Å²) in [7, 11) is 0. The third-order valence-electron chi connectivity index (χ3n) is 4.69. The topological polar surface area (TPSA) is 39.7 Å². The normalized spacial score (nSPS) is 25.5. The molecule has 1 N–H and O–H groups in total. The summed E-state index contributed by atoms with van der Waals surface area (Å²) in [4.78, 5) is 0. The Kier molecular flexibility index (Phi) is 6.75. The molecular formula is C16H31NO3. The van der Waals surface area contributed by atoms with Crippen molar-refractivity contribution in [3.8, 4) is 0 Å². The van der Waals surface area contributed by atoms with Crippen LogP contribution in [0.2, 0.25) is 0 Å². The highest BCUT2D eigenvalue weighted by atomic mass is 16.5. The summed E-state index contributed by atoms with van der Waals surface area (Å²) in [6, 6.07) is 0.440. The molecule has 0 aromatic carbocycles. The zero-order valence-electron chi connectivity index (χ0n) is 13.2. The molecule has 0 aromatic rings. The standard InChI is InChI=1S/C16H31NO3/c1-3-9-17-15(14-5-10-18-11-6-14)16(20-4-2)7-12-19-13-8-16/h14-15,17H,3-13H2,1-2H3. The van der Waals surface area contributed by atoms with Crippen molar-refractivity contribution in [2.24, 2.45) is 5.92 Å². The average molecular weight is 285 g/mol. The van der Waals surface area contributed by atoms with Crippen molar-refractivity contribution in [2.45, 2.75) is 57.6 Å². The second-order valence-corrected chi connectivity index (χ2v) is 5.99. The van der Waals surface area contributed by atoms with E-state index in [4.69, 9.17) is 14.2 Å². The van der Waals surface area contributed by atoms with Crippen LogP contribution in [-0.2, 0) is 14.2 Å². The fourth-order valence-electron chi connectivity index (χ4n) is 3.68. The largest absolute Gasteiger partial charge is 0.381 e. The summed E-state index contributed by atoms with van der Waals surface area (Å²) in [6.45, 7) is 9.64. The molecule has 0 bridgehead atoms. The Bertz CT molecular complexity index is 255. The van der Waals surface area contributed by atoms with Crippen LogP contribution < -0.4 is 5.32 Å². The molecule has 118 valence electrons. The van der Waals surface area contributed by atoms with E-state index < -0.39 is 0 Å². The predicted molar refractivity (Wildman–Crippen MR) is 80.0 cm³/mol. The Hall–Kier alpha value is -0.160. The molecule has 20 heavy (non-hydrogen) atoms. The van der Waals surface area contributed by atoms with Gasteiger partial charge in [0.05, 0.1) is 5.60 Å². The van der Waals surface area contributed by atoms with E-state index in [0.29, 0.717) is 12.0 Å². The Labute approximate surface area is 123 Å². The van der Waals surface area contributed by atoms with Crippen molar-refractivity contribution < 1.29 is 14.2 Å². The van der Waals surface area contributed by atoms with Crippen LogP contribution in [0.5, 0.6) is 0 Å². The number of hydrogen-bond acceptors (Lipinski definition) is 4. The van der Waals surface area contributed by atoms with Gasteiger partial charge in [0.25, 0.3) is 0 Å². The SMILES string of the molecule is CCCNC(C1CCOCC1)C1(OCC)CCOCC1. The van der Waals surface area contributed by atoms with Gasteiger partial charge in [-0.2, -0.15) is 0 Å². The first kappa shape index (κ1) is 16.2. The first-order chi connectivity index (χ1) is 9.82. The van der Waals surface area contributed by atoms with Gasteiger partial charge in [-0.05, 0) is 38.6 Å². The number of nitrogens with one attached hydrogen (secondary N) is 1. The lowest BCUT2D eigenvalue weighted by atomic mass is 9.76. The predicted octanol–water partition coefficient (Wildman–Crippen LogP) is 2.37. The van der Waals surface area contributed by atoms with Crippen molar-refractivity contribution >= 4 is 0 Å². The summed E-state index contributed by atoms with van der Waals surface area (Å²) in [5.74, 6) is 0.667. The van der Waals surface area contributed by atoms with Gasteiger partial charge in [-0.25, -0.2) is 0 Å². The fraction of sp³-hybridized carbons (Fsp3) is 1.00. The van der Waals surface area contributed by atoms with Crippen LogP contribution in [0.1, 0.15) is 46.0 Å².